The standard InChI is InChI=1S/C20H17IN4O2/c21-20-10-6-2-4-8-12(10)25-16(20)14-13(15(26)18(25)22)9-5-1-3-7-11(9)24(14)19(23)17(20)27/h1-8,13-17,22-23,26-27H/t13-,14+,15-,16-,17+,20-/m1/s1. The summed E-state index contributed by atoms with van der Waals surface area (Å²) in [6.45, 7) is 0. The van der Waals surface area contributed by atoms with Crippen LogP contribution in [-0.4, -0.2) is 46.2 Å². The Balaban J connectivity index is 1.69. The fraction of sp³-hybridized carbons (Fsp3) is 0.300. The maximum Gasteiger partial charge on any atom is 0.132 e. The van der Waals surface area contributed by atoms with Crippen LogP contribution in [-0.2, 0) is 3.42 Å². The minimum atomic E-state index is -1.000. The van der Waals surface area contributed by atoms with E-state index in [1.54, 1.807) is 0 Å². The molecule has 6 rings (SSSR count). The molecule has 0 aliphatic carbocycles. The van der Waals surface area contributed by atoms with E-state index in [0.29, 0.717) is 0 Å². The summed E-state index contributed by atoms with van der Waals surface area (Å²) in [5.41, 5.74) is 3.60. The molecule has 4 aliphatic rings. The molecule has 0 bridgehead atoms. The Morgan fingerprint density at radius 1 is 0.889 bits per heavy atom. The number of para-hydroxylation sites is 2. The van der Waals surface area contributed by atoms with Crippen LogP contribution in [0.1, 0.15) is 17.0 Å². The van der Waals surface area contributed by atoms with Gasteiger partial charge in [-0.25, -0.2) is 0 Å². The summed E-state index contributed by atoms with van der Waals surface area (Å²) in [4.78, 5) is 3.78. The van der Waals surface area contributed by atoms with Gasteiger partial charge >= 0.3 is 0 Å². The molecular formula is C20H17IN4O2. The van der Waals surface area contributed by atoms with Crippen LogP contribution in [0.2, 0.25) is 0 Å². The zero-order valence-corrected chi connectivity index (χ0v) is 16.3. The quantitative estimate of drug-likeness (QED) is 0.350. The van der Waals surface area contributed by atoms with E-state index in [2.05, 4.69) is 22.6 Å². The molecule has 136 valence electrons. The number of amidine groups is 2. The fourth-order valence-electron chi connectivity index (χ4n) is 5.62. The van der Waals surface area contributed by atoms with Gasteiger partial charge in [-0.05, 0) is 23.3 Å². The molecule has 6 atom stereocenters. The van der Waals surface area contributed by atoms with Crippen molar-refractivity contribution in [1.29, 1.82) is 10.8 Å². The molecule has 0 spiro atoms. The van der Waals surface area contributed by atoms with E-state index in [0.717, 1.165) is 22.5 Å². The zero-order valence-electron chi connectivity index (χ0n) is 14.2. The number of fused-ring (bicyclic) bond motifs is 6. The molecule has 0 aromatic heterocycles. The number of alkyl halides is 1. The molecule has 4 N–H and O–H groups in total. The van der Waals surface area contributed by atoms with E-state index in [-0.39, 0.29) is 29.7 Å². The minimum Gasteiger partial charge on any atom is -0.384 e. The molecule has 6 nitrogen and oxygen atoms in total. The molecule has 2 aromatic carbocycles. The smallest absolute Gasteiger partial charge is 0.132 e. The lowest BCUT2D eigenvalue weighted by Gasteiger charge is -2.55. The van der Waals surface area contributed by atoms with Gasteiger partial charge in [0.25, 0.3) is 0 Å². The monoisotopic (exact) mass is 472 g/mol. The molecule has 2 fully saturated rings. The Morgan fingerprint density at radius 3 is 2.33 bits per heavy atom. The second-order valence-electron chi connectivity index (χ2n) is 7.66. The van der Waals surface area contributed by atoms with E-state index in [1.165, 1.54) is 0 Å². The van der Waals surface area contributed by atoms with Gasteiger partial charge in [-0.15, -0.1) is 0 Å². The van der Waals surface area contributed by atoms with Crippen molar-refractivity contribution in [3.63, 3.8) is 0 Å². The van der Waals surface area contributed by atoms with Crippen molar-refractivity contribution in [2.24, 2.45) is 0 Å². The van der Waals surface area contributed by atoms with E-state index in [9.17, 15) is 10.2 Å². The van der Waals surface area contributed by atoms with Gasteiger partial charge in [-0.2, -0.15) is 0 Å². The van der Waals surface area contributed by atoms with Crippen molar-refractivity contribution in [2.75, 3.05) is 9.80 Å². The second-order valence-corrected chi connectivity index (χ2v) is 9.45. The van der Waals surface area contributed by atoms with Gasteiger partial charge in [-0.3, -0.25) is 10.8 Å². The first kappa shape index (κ1) is 16.0. The molecule has 0 amide bonds. The van der Waals surface area contributed by atoms with Crippen LogP contribution in [0.4, 0.5) is 11.4 Å². The molecule has 7 heteroatoms. The van der Waals surface area contributed by atoms with Gasteiger partial charge in [0.05, 0.1) is 12.1 Å². The Bertz CT molecular complexity index is 1040. The van der Waals surface area contributed by atoms with Gasteiger partial charge < -0.3 is 20.0 Å². The van der Waals surface area contributed by atoms with Gasteiger partial charge in [0.1, 0.15) is 27.3 Å². The van der Waals surface area contributed by atoms with Crippen LogP contribution < -0.4 is 9.80 Å². The average Bonchev–Trinajstić information content (AvgIpc) is 3.16. The number of anilines is 2. The van der Waals surface area contributed by atoms with Crippen LogP contribution in [0.5, 0.6) is 0 Å². The third kappa shape index (κ3) is 1.58. The highest BCUT2D eigenvalue weighted by Gasteiger charge is 2.70. The van der Waals surface area contributed by atoms with Crippen molar-refractivity contribution < 1.29 is 10.2 Å². The van der Waals surface area contributed by atoms with Crippen molar-refractivity contribution in [3.05, 3.63) is 59.7 Å². The predicted molar refractivity (Wildman–Crippen MR) is 111 cm³/mol. The Hall–Kier alpha value is -1.97. The summed E-state index contributed by atoms with van der Waals surface area (Å²) >= 11 is 2.29. The maximum atomic E-state index is 11.3. The second kappa shape index (κ2) is 4.89. The highest BCUT2D eigenvalue weighted by molar-refractivity contribution is 14.1. The number of hydrogen-bond acceptors (Lipinski definition) is 4. The SMILES string of the molecule is N=C1[C@H](O)[C@@]2(I)c3ccccc3N3C(=N)[C@H](O)[C@@H]4c5ccccc5N1[C@@H]4[C@@H]32. The number of aliphatic hydroxyl groups excluding tert-OH is 2. The summed E-state index contributed by atoms with van der Waals surface area (Å²) in [5.74, 6) is 0.0497. The van der Waals surface area contributed by atoms with Crippen LogP contribution in [0.25, 0.3) is 0 Å². The van der Waals surface area contributed by atoms with E-state index in [4.69, 9.17) is 10.8 Å². The van der Waals surface area contributed by atoms with E-state index in [1.807, 2.05) is 58.3 Å². The normalized spacial score (nSPS) is 38.0. The van der Waals surface area contributed by atoms with E-state index < -0.39 is 15.6 Å². The number of halogens is 1. The van der Waals surface area contributed by atoms with Gasteiger partial charge in [0, 0.05) is 17.3 Å². The molecule has 0 saturated carbocycles. The molecule has 4 aliphatic heterocycles. The summed E-state index contributed by atoms with van der Waals surface area (Å²) < 4.78 is -0.737. The summed E-state index contributed by atoms with van der Waals surface area (Å²) in [6, 6.07) is 15.1. The molecule has 27 heavy (non-hydrogen) atoms. The highest BCUT2D eigenvalue weighted by atomic mass is 127. The predicted octanol–water partition coefficient (Wildman–Crippen LogP) is 2.18. The number of aliphatic hydroxyl groups is 2. The van der Waals surface area contributed by atoms with Crippen molar-refractivity contribution in [1.82, 2.24) is 0 Å². The van der Waals surface area contributed by atoms with Gasteiger partial charge in [-0.1, -0.05) is 59.0 Å². The lowest BCUT2D eigenvalue weighted by molar-refractivity contribution is 0.128. The number of hydrogen-bond donors (Lipinski definition) is 4. The van der Waals surface area contributed by atoms with Crippen LogP contribution in [0.3, 0.4) is 0 Å². The third-order valence-corrected chi connectivity index (χ3v) is 8.44. The molecule has 2 aromatic rings. The minimum absolute atomic E-state index is 0.165. The highest BCUT2D eigenvalue weighted by Crippen LogP contribution is 2.63. The molecule has 0 radical (unpaired) electrons. The molecule has 2 saturated heterocycles. The van der Waals surface area contributed by atoms with Crippen LogP contribution in [0.15, 0.2) is 48.5 Å². The van der Waals surface area contributed by atoms with Gasteiger partial charge in [0.15, 0.2) is 0 Å². The summed E-state index contributed by atoms with van der Waals surface area (Å²) in [5, 5.41) is 39.9. The number of piperidine rings is 2. The molecule has 0 unspecified atom stereocenters. The fourth-order valence-corrected chi connectivity index (χ4v) is 7.01. The number of nitrogens with zero attached hydrogens (tertiary/aromatic N) is 2. The average molecular weight is 472 g/mol. The largest absolute Gasteiger partial charge is 0.384 e. The third-order valence-electron chi connectivity index (χ3n) is 6.63. The Morgan fingerprint density at radius 2 is 1.56 bits per heavy atom. The summed E-state index contributed by atoms with van der Waals surface area (Å²) in [7, 11) is 0. The first-order chi connectivity index (χ1) is 13.0. The van der Waals surface area contributed by atoms with Crippen LogP contribution >= 0.6 is 22.6 Å². The van der Waals surface area contributed by atoms with E-state index >= 15 is 0 Å². The topological polar surface area (TPSA) is 94.6 Å². The molecule has 4 heterocycles. The first-order valence-corrected chi connectivity index (χ1v) is 10.0. The van der Waals surface area contributed by atoms with Crippen molar-refractivity contribution >= 4 is 45.6 Å². The van der Waals surface area contributed by atoms with Crippen molar-refractivity contribution in [2.45, 2.75) is 33.6 Å². The lowest BCUT2D eigenvalue weighted by atomic mass is 9.73. The number of benzene rings is 2. The van der Waals surface area contributed by atoms with Crippen molar-refractivity contribution in [3.8, 4) is 0 Å². The summed E-state index contributed by atoms with van der Waals surface area (Å²) in [6.07, 6.45) is -1.95. The number of nitrogens with one attached hydrogen (secondary N) is 2. The Kier molecular flexibility index (Phi) is 2.91. The van der Waals surface area contributed by atoms with Gasteiger partial charge in [0.2, 0.25) is 0 Å². The Labute approximate surface area is 169 Å². The lowest BCUT2D eigenvalue weighted by Crippen LogP contribution is -2.73. The zero-order chi connectivity index (χ0) is 18.7. The first-order valence-electron chi connectivity index (χ1n) is 8.96. The number of rotatable bonds is 0. The van der Waals surface area contributed by atoms with Crippen LogP contribution in [0, 0.1) is 10.8 Å². The maximum absolute atomic E-state index is 11.3. The molecular weight excluding hydrogens is 455 g/mol.